The van der Waals surface area contributed by atoms with Crippen molar-refractivity contribution in [3.8, 4) is 0 Å². The van der Waals surface area contributed by atoms with Gasteiger partial charge in [-0.25, -0.2) is 19.4 Å². The Bertz CT molecular complexity index is 1030. The van der Waals surface area contributed by atoms with Gasteiger partial charge in [0, 0.05) is 13.5 Å². The number of nitrogens with two attached hydrogens (primary N) is 2. The van der Waals surface area contributed by atoms with Crippen LogP contribution in [0.15, 0.2) is 47.2 Å². The van der Waals surface area contributed by atoms with E-state index in [1.807, 2.05) is 6.07 Å². The number of carbonyl (C=O) groups excluding carboxylic acids is 3. The summed E-state index contributed by atoms with van der Waals surface area (Å²) in [6.45, 7) is 1.01. The van der Waals surface area contributed by atoms with Gasteiger partial charge in [-0.05, 0) is 11.6 Å². The van der Waals surface area contributed by atoms with Gasteiger partial charge in [-0.15, -0.1) is 0 Å². The third-order valence-electron chi connectivity index (χ3n) is 5.01. The fourth-order valence-electron chi connectivity index (χ4n) is 3.59. The van der Waals surface area contributed by atoms with Crippen molar-refractivity contribution in [2.24, 2.45) is 16.5 Å². The van der Waals surface area contributed by atoms with E-state index in [9.17, 15) is 24.3 Å². The molecule has 1 aromatic rings. The number of amides is 2. The third-order valence-corrected chi connectivity index (χ3v) is 5.01. The van der Waals surface area contributed by atoms with Gasteiger partial charge in [0.1, 0.15) is 6.61 Å². The largest absolute Gasteiger partial charge is 0.508 e. The smallest absolute Gasteiger partial charge is 0.477 e. The normalized spacial score (nSPS) is 23.9. The molecule has 35 heavy (non-hydrogen) atoms. The first-order chi connectivity index (χ1) is 16.6. The van der Waals surface area contributed by atoms with Gasteiger partial charge in [0.15, 0.2) is 24.3 Å². The predicted octanol–water partition coefficient (Wildman–Crippen LogP) is -0.669. The van der Waals surface area contributed by atoms with Crippen molar-refractivity contribution >= 4 is 30.1 Å². The molecule has 1 aromatic carbocycles. The van der Waals surface area contributed by atoms with Crippen LogP contribution in [0.1, 0.15) is 12.5 Å². The van der Waals surface area contributed by atoms with E-state index in [1.165, 1.54) is 6.92 Å². The summed E-state index contributed by atoms with van der Waals surface area (Å²) in [5.41, 5.74) is 11.8. The van der Waals surface area contributed by atoms with E-state index in [-0.39, 0.29) is 19.1 Å². The zero-order chi connectivity index (χ0) is 25.5. The molecule has 0 aliphatic carbocycles. The molecule has 0 aromatic heterocycles. The fourth-order valence-corrected chi connectivity index (χ4v) is 3.59. The zero-order valence-corrected chi connectivity index (χ0v) is 18.6. The van der Waals surface area contributed by atoms with Crippen LogP contribution >= 0.6 is 0 Å². The van der Waals surface area contributed by atoms with Crippen LogP contribution in [0.4, 0.5) is 9.59 Å². The minimum atomic E-state index is -1.46. The summed E-state index contributed by atoms with van der Waals surface area (Å²) in [5.74, 6) is -2.94. The van der Waals surface area contributed by atoms with E-state index in [0.29, 0.717) is 0 Å². The average Bonchev–Trinajstić information content (AvgIpc) is 3.23. The summed E-state index contributed by atoms with van der Waals surface area (Å²) >= 11 is 0. The van der Waals surface area contributed by atoms with Crippen molar-refractivity contribution < 1.29 is 43.2 Å². The number of hydrogen-bond donors (Lipinski definition) is 5. The van der Waals surface area contributed by atoms with E-state index < -0.39 is 60.3 Å². The third kappa shape index (κ3) is 6.75. The Hall–Kier alpha value is -4.49. The molecule has 5 atom stereocenters. The number of nitrogens with zero attached hydrogens (tertiary/aromatic N) is 1. The lowest BCUT2D eigenvalue weighted by Gasteiger charge is -2.39. The fraction of sp³-hybridized carbons (Fsp3) is 0.381. The van der Waals surface area contributed by atoms with Crippen molar-refractivity contribution in [1.82, 2.24) is 10.6 Å². The molecule has 0 bridgehead atoms. The number of nitrogens with one attached hydrogen (secondary N) is 2. The number of carbonyl (C=O) groups is 4. The predicted molar refractivity (Wildman–Crippen MR) is 118 cm³/mol. The Morgan fingerprint density at radius 3 is 2.51 bits per heavy atom. The van der Waals surface area contributed by atoms with Crippen LogP contribution in [0.5, 0.6) is 0 Å². The second kappa shape index (κ2) is 11.1. The van der Waals surface area contributed by atoms with Gasteiger partial charge in [-0.3, -0.25) is 4.79 Å². The Morgan fingerprint density at radius 2 is 1.94 bits per heavy atom. The highest BCUT2D eigenvalue weighted by Gasteiger charge is 2.49. The number of aliphatic imine (C=N–C) groups is 1. The molecular weight excluding hydrogens is 466 g/mol. The Labute approximate surface area is 199 Å². The van der Waals surface area contributed by atoms with Gasteiger partial charge in [0.2, 0.25) is 11.7 Å². The highest BCUT2D eigenvalue weighted by atomic mass is 16.8. The maximum Gasteiger partial charge on any atom is 0.508 e. The van der Waals surface area contributed by atoms with Crippen molar-refractivity contribution in [2.45, 2.75) is 43.9 Å². The first kappa shape index (κ1) is 25.1. The molecular formula is C21H25N5O9. The molecule has 0 spiro atoms. The SMILES string of the molecule is CC(=O)N[C@H]1[C@H]([C@H](OC(=O)NCc2ccccc2)[C@H]2COC(=O)O2)OC(C(=O)O)=C[C@@H]1N=C(N)N. The van der Waals surface area contributed by atoms with Crippen LogP contribution in [0.3, 0.4) is 0 Å². The summed E-state index contributed by atoms with van der Waals surface area (Å²) in [5, 5.41) is 14.7. The molecule has 0 radical (unpaired) electrons. The molecule has 0 unspecified atom stereocenters. The molecule has 14 nitrogen and oxygen atoms in total. The van der Waals surface area contributed by atoms with Gasteiger partial charge >= 0.3 is 18.2 Å². The van der Waals surface area contributed by atoms with Crippen molar-refractivity contribution in [3.63, 3.8) is 0 Å². The lowest BCUT2D eigenvalue weighted by atomic mass is 9.92. The highest BCUT2D eigenvalue weighted by Crippen LogP contribution is 2.29. The lowest BCUT2D eigenvalue weighted by Crippen LogP contribution is -2.61. The monoisotopic (exact) mass is 491 g/mol. The van der Waals surface area contributed by atoms with Crippen LogP contribution in [0, 0.1) is 0 Å². The molecule has 7 N–H and O–H groups in total. The molecule has 2 amide bonds. The molecule has 2 aliphatic heterocycles. The number of hydrogen-bond acceptors (Lipinski definition) is 9. The van der Waals surface area contributed by atoms with E-state index in [2.05, 4.69) is 15.6 Å². The van der Waals surface area contributed by atoms with Crippen LogP contribution in [-0.4, -0.2) is 72.2 Å². The summed E-state index contributed by atoms with van der Waals surface area (Å²) < 4.78 is 21.0. The van der Waals surface area contributed by atoms with Gasteiger partial charge in [0.05, 0.1) is 12.1 Å². The van der Waals surface area contributed by atoms with Gasteiger partial charge in [-0.1, -0.05) is 30.3 Å². The number of alkyl carbamates (subject to hydrolysis) is 1. The molecule has 2 heterocycles. The Balaban J connectivity index is 1.91. The van der Waals surface area contributed by atoms with Gasteiger partial charge in [-0.2, -0.15) is 0 Å². The molecule has 2 aliphatic rings. The van der Waals surface area contributed by atoms with Crippen LogP contribution in [0.25, 0.3) is 0 Å². The molecule has 188 valence electrons. The Kier molecular flexibility index (Phi) is 7.96. The lowest BCUT2D eigenvalue weighted by molar-refractivity contribution is -0.144. The quantitative estimate of drug-likeness (QED) is 0.175. The standard InChI is InChI=1S/C21H25N5O9/c1-10(27)25-15-12(26-19(22)23)7-13(18(28)29)33-17(15)16(14-9-32-21(31)34-14)35-20(30)24-8-11-5-3-2-4-6-11/h2-7,12,14-17H,8-9H2,1H3,(H,24,30)(H,25,27)(H,28,29)(H4,22,23,26)/t12-,14+,15+,16+,17+/m0/s1. The van der Waals surface area contributed by atoms with Crippen molar-refractivity contribution in [1.29, 1.82) is 0 Å². The Morgan fingerprint density at radius 1 is 1.23 bits per heavy atom. The van der Waals surface area contributed by atoms with E-state index in [1.54, 1.807) is 24.3 Å². The topological polar surface area (TPSA) is 214 Å². The summed E-state index contributed by atoms with van der Waals surface area (Å²) in [6, 6.07) is 6.75. The number of carboxylic acid groups (broad SMARTS) is 1. The number of guanidine groups is 1. The van der Waals surface area contributed by atoms with Gasteiger partial charge in [0.25, 0.3) is 0 Å². The number of ether oxygens (including phenoxy) is 4. The van der Waals surface area contributed by atoms with Crippen molar-refractivity contribution in [2.75, 3.05) is 6.61 Å². The summed E-state index contributed by atoms with van der Waals surface area (Å²) in [7, 11) is 0. The summed E-state index contributed by atoms with van der Waals surface area (Å²) in [6.07, 6.45) is -4.83. The second-order valence-electron chi connectivity index (χ2n) is 7.62. The molecule has 0 saturated carbocycles. The average molecular weight is 491 g/mol. The minimum Gasteiger partial charge on any atom is -0.477 e. The summed E-state index contributed by atoms with van der Waals surface area (Å²) in [4.78, 5) is 51.9. The second-order valence-corrected chi connectivity index (χ2v) is 7.62. The highest BCUT2D eigenvalue weighted by molar-refractivity contribution is 5.85. The van der Waals surface area contributed by atoms with Crippen LogP contribution < -0.4 is 22.1 Å². The maximum atomic E-state index is 12.7. The number of carboxylic acids is 1. The minimum absolute atomic E-state index is 0.116. The maximum absolute atomic E-state index is 12.7. The first-order valence-corrected chi connectivity index (χ1v) is 10.4. The molecule has 1 fully saturated rings. The van der Waals surface area contributed by atoms with Crippen LogP contribution in [0.2, 0.25) is 0 Å². The molecule has 1 saturated heterocycles. The number of cyclic esters (lactones) is 2. The van der Waals surface area contributed by atoms with Gasteiger partial charge < -0.3 is 46.2 Å². The number of benzene rings is 1. The zero-order valence-electron chi connectivity index (χ0n) is 18.6. The molecule has 14 heteroatoms. The van der Waals surface area contributed by atoms with Crippen LogP contribution in [-0.2, 0) is 35.1 Å². The van der Waals surface area contributed by atoms with E-state index >= 15 is 0 Å². The van der Waals surface area contributed by atoms with E-state index in [4.69, 9.17) is 30.4 Å². The first-order valence-electron chi connectivity index (χ1n) is 10.4. The van der Waals surface area contributed by atoms with Crippen molar-refractivity contribution in [3.05, 3.63) is 47.7 Å². The number of aliphatic carboxylic acids is 1. The number of rotatable bonds is 8. The molecule has 3 rings (SSSR count). The van der Waals surface area contributed by atoms with E-state index in [0.717, 1.165) is 11.6 Å².